The fourth-order valence-corrected chi connectivity index (χ4v) is 6.68. The van der Waals surface area contributed by atoms with Gasteiger partial charge in [0.25, 0.3) is 0 Å². The predicted molar refractivity (Wildman–Crippen MR) is 199 cm³/mol. The van der Waals surface area contributed by atoms with Crippen molar-refractivity contribution in [3.8, 4) is 56.7 Å². The monoisotopic (exact) mass is 642 g/mol. The van der Waals surface area contributed by atoms with E-state index in [-0.39, 0.29) is 0 Å². The number of rotatable bonds is 5. The summed E-state index contributed by atoms with van der Waals surface area (Å²) >= 11 is 0. The van der Waals surface area contributed by atoms with Gasteiger partial charge in [-0.1, -0.05) is 133 Å². The summed E-state index contributed by atoms with van der Waals surface area (Å²) in [5, 5.41) is 4.25. The van der Waals surface area contributed by atoms with Gasteiger partial charge in [-0.15, -0.1) is 0 Å². The lowest BCUT2D eigenvalue weighted by atomic mass is 10.0. The molecule has 0 saturated heterocycles. The van der Waals surface area contributed by atoms with Crippen molar-refractivity contribution < 1.29 is 8.83 Å². The van der Waals surface area contributed by atoms with Gasteiger partial charge in [-0.25, -0.2) is 19.9 Å². The molecular formula is C44H26N4O2. The normalized spacial score (nSPS) is 11.6. The number of hydrogen-bond donors (Lipinski definition) is 0. The fraction of sp³-hybridized carbons (Fsp3) is 0. The molecule has 0 aliphatic carbocycles. The Bertz CT molecular complexity index is 2800. The average Bonchev–Trinajstić information content (AvgIpc) is 3.80. The molecule has 3 heterocycles. The lowest BCUT2D eigenvalue weighted by molar-refractivity contribution is 0.620. The van der Waals surface area contributed by atoms with E-state index < -0.39 is 0 Å². The van der Waals surface area contributed by atoms with Gasteiger partial charge in [-0.05, 0) is 40.6 Å². The van der Waals surface area contributed by atoms with Crippen molar-refractivity contribution in [2.75, 3.05) is 0 Å². The van der Waals surface area contributed by atoms with Gasteiger partial charge in [-0.2, -0.15) is 0 Å². The SMILES string of the molecule is c1ccc(-c2nc(-c3ccccc3)nc(-c3ccc(-c4cc5oc6ccccc6c5c5nc(-c6ccc7ccccc7c6)oc45)cc3)n2)cc1. The second-order valence-corrected chi connectivity index (χ2v) is 12.3. The van der Waals surface area contributed by atoms with Gasteiger partial charge in [0.05, 0.1) is 5.39 Å². The number of para-hydroxylation sites is 1. The Morgan fingerprint density at radius 3 is 1.64 bits per heavy atom. The molecule has 7 aromatic carbocycles. The van der Waals surface area contributed by atoms with Crippen LogP contribution in [0.1, 0.15) is 0 Å². The summed E-state index contributed by atoms with van der Waals surface area (Å²) in [5.41, 5.74) is 8.55. The number of benzene rings is 7. The molecule has 0 radical (unpaired) electrons. The first-order valence-electron chi connectivity index (χ1n) is 16.5. The molecular weight excluding hydrogens is 617 g/mol. The van der Waals surface area contributed by atoms with Crippen LogP contribution in [-0.4, -0.2) is 19.9 Å². The smallest absolute Gasteiger partial charge is 0.227 e. The van der Waals surface area contributed by atoms with E-state index in [1.807, 2.05) is 103 Å². The van der Waals surface area contributed by atoms with Gasteiger partial charge in [0.2, 0.25) is 5.89 Å². The van der Waals surface area contributed by atoms with E-state index in [9.17, 15) is 0 Å². The van der Waals surface area contributed by atoms with Crippen molar-refractivity contribution in [1.82, 2.24) is 19.9 Å². The molecule has 0 atom stereocenters. The lowest BCUT2D eigenvalue weighted by Gasteiger charge is -2.09. The molecule has 10 aromatic rings. The van der Waals surface area contributed by atoms with E-state index in [0.717, 1.165) is 66.2 Å². The molecule has 0 amide bonds. The molecule has 0 saturated carbocycles. The third-order valence-corrected chi connectivity index (χ3v) is 9.16. The minimum absolute atomic E-state index is 0.563. The highest BCUT2D eigenvalue weighted by Gasteiger charge is 2.21. The molecule has 10 rings (SSSR count). The molecule has 0 aliphatic heterocycles. The topological polar surface area (TPSA) is 77.8 Å². The van der Waals surface area contributed by atoms with Crippen molar-refractivity contribution in [2.45, 2.75) is 0 Å². The van der Waals surface area contributed by atoms with E-state index in [1.54, 1.807) is 0 Å². The summed E-state index contributed by atoms with van der Waals surface area (Å²) < 4.78 is 13.1. The minimum atomic E-state index is 0.563. The predicted octanol–water partition coefficient (Wildman–Crippen LogP) is 11.4. The van der Waals surface area contributed by atoms with E-state index in [1.165, 1.54) is 5.39 Å². The minimum Gasteiger partial charge on any atom is -0.456 e. The summed E-state index contributed by atoms with van der Waals surface area (Å²) in [6.07, 6.45) is 0. The first-order valence-corrected chi connectivity index (χ1v) is 16.5. The maximum atomic E-state index is 6.67. The molecule has 234 valence electrons. The second-order valence-electron chi connectivity index (χ2n) is 12.3. The summed E-state index contributed by atoms with van der Waals surface area (Å²) in [6.45, 7) is 0. The Hall–Kier alpha value is -6.92. The summed E-state index contributed by atoms with van der Waals surface area (Å²) in [7, 11) is 0. The van der Waals surface area contributed by atoms with Gasteiger partial charge in [0.1, 0.15) is 16.7 Å². The molecule has 0 N–H and O–H groups in total. The molecule has 0 fully saturated rings. The van der Waals surface area contributed by atoms with Crippen molar-refractivity contribution in [2.24, 2.45) is 0 Å². The number of aromatic nitrogens is 4. The van der Waals surface area contributed by atoms with Gasteiger partial charge >= 0.3 is 0 Å². The summed E-state index contributed by atoms with van der Waals surface area (Å²) in [4.78, 5) is 19.8. The van der Waals surface area contributed by atoms with Crippen LogP contribution >= 0.6 is 0 Å². The Balaban J connectivity index is 1.13. The van der Waals surface area contributed by atoms with Gasteiger partial charge in [0, 0.05) is 33.2 Å². The van der Waals surface area contributed by atoms with Crippen molar-refractivity contribution in [1.29, 1.82) is 0 Å². The second kappa shape index (κ2) is 11.4. The van der Waals surface area contributed by atoms with Crippen LogP contribution in [-0.2, 0) is 0 Å². The molecule has 0 spiro atoms. The van der Waals surface area contributed by atoms with Crippen molar-refractivity contribution in [3.63, 3.8) is 0 Å². The van der Waals surface area contributed by atoms with Crippen molar-refractivity contribution >= 4 is 43.8 Å². The van der Waals surface area contributed by atoms with E-state index in [4.69, 9.17) is 28.8 Å². The Morgan fingerprint density at radius 2 is 0.940 bits per heavy atom. The van der Waals surface area contributed by atoms with Crippen molar-refractivity contribution in [3.05, 3.63) is 158 Å². The van der Waals surface area contributed by atoms with Crippen LogP contribution in [0.2, 0.25) is 0 Å². The Morgan fingerprint density at radius 1 is 0.380 bits per heavy atom. The zero-order chi connectivity index (χ0) is 33.0. The molecule has 0 bridgehead atoms. The maximum Gasteiger partial charge on any atom is 0.227 e. The fourth-order valence-electron chi connectivity index (χ4n) is 6.68. The Labute approximate surface area is 286 Å². The first kappa shape index (κ1) is 28.1. The van der Waals surface area contributed by atoms with Crippen LogP contribution < -0.4 is 0 Å². The van der Waals surface area contributed by atoms with Crippen LogP contribution in [0.25, 0.3) is 101 Å². The quantitative estimate of drug-likeness (QED) is 0.186. The average molecular weight is 643 g/mol. The summed E-state index contributed by atoms with van der Waals surface area (Å²) in [6, 6.07) is 53.0. The van der Waals surface area contributed by atoms with Crippen LogP contribution in [0.4, 0.5) is 0 Å². The van der Waals surface area contributed by atoms with Crippen LogP contribution in [0.15, 0.2) is 167 Å². The maximum absolute atomic E-state index is 6.67. The van der Waals surface area contributed by atoms with Gasteiger partial charge in [0.15, 0.2) is 23.1 Å². The first-order chi connectivity index (χ1) is 24.7. The number of oxazole rings is 1. The van der Waals surface area contributed by atoms with Gasteiger partial charge < -0.3 is 8.83 Å². The molecule has 6 heteroatoms. The zero-order valence-corrected chi connectivity index (χ0v) is 26.6. The number of nitrogens with zero attached hydrogens (tertiary/aromatic N) is 4. The third-order valence-electron chi connectivity index (χ3n) is 9.16. The standard InChI is InChI=1S/C44H26N4O2/c1-3-12-29(13-4-1)41-46-42(30-14-5-2-6-15-30)48-43(47-41)31-22-20-28(21-23-31)35-26-37-38(34-17-9-10-18-36(34)49-37)39-40(35)50-44(45-39)33-24-19-27-11-7-8-16-32(27)25-33/h1-26H. The molecule has 3 aromatic heterocycles. The molecule has 6 nitrogen and oxygen atoms in total. The highest BCUT2D eigenvalue weighted by atomic mass is 16.4. The van der Waals surface area contributed by atoms with E-state index in [0.29, 0.717) is 28.9 Å². The van der Waals surface area contributed by atoms with E-state index in [2.05, 4.69) is 54.6 Å². The number of furan rings is 1. The largest absolute Gasteiger partial charge is 0.456 e. The third kappa shape index (κ3) is 4.73. The highest BCUT2D eigenvalue weighted by molar-refractivity contribution is 6.19. The molecule has 0 unspecified atom stereocenters. The molecule has 0 aliphatic rings. The van der Waals surface area contributed by atoms with Crippen LogP contribution in [0.3, 0.4) is 0 Å². The van der Waals surface area contributed by atoms with Gasteiger partial charge in [-0.3, -0.25) is 0 Å². The Kier molecular flexibility index (Phi) is 6.39. The number of hydrogen-bond acceptors (Lipinski definition) is 6. The molecule has 50 heavy (non-hydrogen) atoms. The van der Waals surface area contributed by atoms with Crippen LogP contribution in [0.5, 0.6) is 0 Å². The van der Waals surface area contributed by atoms with Crippen LogP contribution in [0, 0.1) is 0 Å². The highest BCUT2D eigenvalue weighted by Crippen LogP contribution is 2.42. The van der Waals surface area contributed by atoms with E-state index >= 15 is 0 Å². The summed E-state index contributed by atoms with van der Waals surface area (Å²) in [5.74, 6) is 2.41. The lowest BCUT2D eigenvalue weighted by Crippen LogP contribution is -2.00. The number of fused-ring (bicyclic) bond motifs is 6. The zero-order valence-electron chi connectivity index (χ0n) is 26.6.